The van der Waals surface area contributed by atoms with Gasteiger partial charge in [-0.25, -0.2) is 0 Å². The SMILES string of the molecule is CC(C)Oc1ccc(C(=O)N2CCC(Br)C2)cc1. The molecule has 98 valence electrons. The summed E-state index contributed by atoms with van der Waals surface area (Å²) in [5.41, 5.74) is 0.729. The Kier molecular flexibility index (Phi) is 4.27. The monoisotopic (exact) mass is 311 g/mol. The second-order valence-corrected chi connectivity index (χ2v) is 6.12. The fourth-order valence-electron chi connectivity index (χ4n) is 2.03. The molecule has 0 spiro atoms. The Hall–Kier alpha value is -1.03. The van der Waals surface area contributed by atoms with E-state index in [1.807, 2.05) is 43.0 Å². The van der Waals surface area contributed by atoms with Crippen LogP contribution >= 0.6 is 15.9 Å². The van der Waals surface area contributed by atoms with Crippen molar-refractivity contribution in [1.29, 1.82) is 0 Å². The zero-order valence-corrected chi connectivity index (χ0v) is 12.3. The average Bonchev–Trinajstić information content (AvgIpc) is 2.75. The maximum absolute atomic E-state index is 12.2. The van der Waals surface area contributed by atoms with Crippen molar-refractivity contribution in [3.8, 4) is 5.75 Å². The Balaban J connectivity index is 2.03. The molecule has 0 aliphatic carbocycles. The molecule has 0 N–H and O–H groups in total. The molecule has 1 aliphatic heterocycles. The number of carbonyl (C=O) groups is 1. The molecule has 1 amide bonds. The normalized spacial score (nSPS) is 19.3. The molecule has 1 aromatic carbocycles. The number of hydrogen-bond acceptors (Lipinski definition) is 2. The lowest BCUT2D eigenvalue weighted by Gasteiger charge is -2.16. The Labute approximate surface area is 116 Å². The minimum atomic E-state index is 0.105. The molecule has 3 nitrogen and oxygen atoms in total. The van der Waals surface area contributed by atoms with Crippen molar-refractivity contribution in [1.82, 2.24) is 4.90 Å². The first-order valence-corrected chi connectivity index (χ1v) is 7.18. The zero-order valence-electron chi connectivity index (χ0n) is 10.7. The molecule has 18 heavy (non-hydrogen) atoms. The lowest BCUT2D eigenvalue weighted by Crippen LogP contribution is -2.28. The topological polar surface area (TPSA) is 29.5 Å². The third-order valence-corrected chi connectivity index (χ3v) is 3.64. The summed E-state index contributed by atoms with van der Waals surface area (Å²) in [5.74, 6) is 0.911. The summed E-state index contributed by atoms with van der Waals surface area (Å²) < 4.78 is 5.56. The summed E-state index contributed by atoms with van der Waals surface area (Å²) in [5, 5.41) is 0. The number of ether oxygens (including phenoxy) is 1. The van der Waals surface area contributed by atoms with Gasteiger partial charge < -0.3 is 9.64 Å². The van der Waals surface area contributed by atoms with Crippen LogP contribution in [0.2, 0.25) is 0 Å². The van der Waals surface area contributed by atoms with E-state index < -0.39 is 0 Å². The number of nitrogens with zero attached hydrogens (tertiary/aromatic N) is 1. The van der Waals surface area contributed by atoms with Crippen LogP contribution in [-0.2, 0) is 0 Å². The van der Waals surface area contributed by atoms with E-state index in [9.17, 15) is 4.79 Å². The minimum absolute atomic E-state index is 0.105. The van der Waals surface area contributed by atoms with Gasteiger partial charge in [0, 0.05) is 23.5 Å². The lowest BCUT2D eigenvalue weighted by molar-refractivity contribution is 0.0793. The number of amides is 1. The molecule has 1 saturated heterocycles. The maximum atomic E-state index is 12.2. The van der Waals surface area contributed by atoms with Crippen molar-refractivity contribution in [2.75, 3.05) is 13.1 Å². The van der Waals surface area contributed by atoms with Crippen molar-refractivity contribution in [2.24, 2.45) is 0 Å². The van der Waals surface area contributed by atoms with Gasteiger partial charge in [0.2, 0.25) is 0 Å². The second kappa shape index (κ2) is 5.74. The molecule has 0 bridgehead atoms. The fraction of sp³-hybridized carbons (Fsp3) is 0.500. The Bertz CT molecular complexity index is 416. The number of carbonyl (C=O) groups excluding carboxylic acids is 1. The van der Waals surface area contributed by atoms with Gasteiger partial charge in [-0.05, 0) is 44.5 Å². The molecule has 0 saturated carbocycles. The van der Waals surface area contributed by atoms with Crippen LogP contribution in [0.15, 0.2) is 24.3 Å². The highest BCUT2D eigenvalue weighted by Gasteiger charge is 2.24. The molecule has 1 aromatic rings. The highest BCUT2D eigenvalue weighted by molar-refractivity contribution is 9.09. The fourth-order valence-corrected chi connectivity index (χ4v) is 2.59. The standard InChI is InChI=1S/C14H18BrNO2/c1-10(2)18-13-5-3-11(4-6-13)14(17)16-8-7-12(15)9-16/h3-6,10,12H,7-9H2,1-2H3. The third kappa shape index (κ3) is 3.25. The first-order chi connectivity index (χ1) is 8.56. The largest absolute Gasteiger partial charge is 0.491 e. The number of alkyl halides is 1. The van der Waals surface area contributed by atoms with Gasteiger partial charge in [-0.15, -0.1) is 0 Å². The van der Waals surface area contributed by atoms with Gasteiger partial charge in [-0.3, -0.25) is 4.79 Å². The molecule has 1 unspecified atom stereocenters. The lowest BCUT2D eigenvalue weighted by atomic mass is 10.2. The van der Waals surface area contributed by atoms with E-state index in [2.05, 4.69) is 15.9 Å². The van der Waals surface area contributed by atoms with E-state index in [1.165, 1.54) is 0 Å². The molecule has 1 heterocycles. The number of likely N-dealkylation sites (tertiary alicyclic amines) is 1. The van der Waals surface area contributed by atoms with Gasteiger partial charge in [-0.1, -0.05) is 15.9 Å². The zero-order chi connectivity index (χ0) is 13.1. The quantitative estimate of drug-likeness (QED) is 0.803. The Morgan fingerprint density at radius 3 is 2.56 bits per heavy atom. The molecular weight excluding hydrogens is 294 g/mol. The van der Waals surface area contributed by atoms with Crippen molar-refractivity contribution >= 4 is 21.8 Å². The van der Waals surface area contributed by atoms with E-state index in [-0.39, 0.29) is 12.0 Å². The number of rotatable bonds is 3. The van der Waals surface area contributed by atoms with E-state index in [0.29, 0.717) is 4.83 Å². The highest BCUT2D eigenvalue weighted by Crippen LogP contribution is 2.20. The number of halogens is 1. The Morgan fingerprint density at radius 1 is 1.39 bits per heavy atom. The summed E-state index contributed by atoms with van der Waals surface area (Å²) >= 11 is 3.54. The maximum Gasteiger partial charge on any atom is 0.253 e. The molecule has 1 aliphatic rings. The van der Waals surface area contributed by atoms with Gasteiger partial charge in [0.25, 0.3) is 5.91 Å². The van der Waals surface area contributed by atoms with Gasteiger partial charge in [-0.2, -0.15) is 0 Å². The predicted molar refractivity (Wildman–Crippen MR) is 75.4 cm³/mol. The summed E-state index contributed by atoms with van der Waals surface area (Å²) in [4.78, 5) is 14.5. The van der Waals surface area contributed by atoms with Crippen LogP contribution in [0.25, 0.3) is 0 Å². The van der Waals surface area contributed by atoms with E-state index >= 15 is 0 Å². The third-order valence-electron chi connectivity index (χ3n) is 2.89. The predicted octanol–water partition coefficient (Wildman–Crippen LogP) is 3.08. The van der Waals surface area contributed by atoms with Crippen LogP contribution < -0.4 is 4.74 Å². The molecule has 1 fully saturated rings. The molecule has 1 atom stereocenters. The molecular formula is C14H18BrNO2. The highest BCUT2D eigenvalue weighted by atomic mass is 79.9. The summed E-state index contributed by atoms with van der Waals surface area (Å²) in [6.45, 7) is 5.60. The smallest absolute Gasteiger partial charge is 0.253 e. The van der Waals surface area contributed by atoms with Gasteiger partial charge in [0.15, 0.2) is 0 Å². The van der Waals surface area contributed by atoms with Crippen LogP contribution in [0.3, 0.4) is 0 Å². The molecule has 0 radical (unpaired) electrons. The average molecular weight is 312 g/mol. The van der Waals surface area contributed by atoms with Gasteiger partial charge >= 0.3 is 0 Å². The van der Waals surface area contributed by atoms with E-state index in [0.717, 1.165) is 30.8 Å². The summed E-state index contributed by atoms with van der Waals surface area (Å²) in [6.07, 6.45) is 1.18. The van der Waals surface area contributed by atoms with Gasteiger partial charge in [0.05, 0.1) is 6.10 Å². The van der Waals surface area contributed by atoms with Crippen LogP contribution in [0.5, 0.6) is 5.75 Å². The number of hydrogen-bond donors (Lipinski definition) is 0. The van der Waals surface area contributed by atoms with Crippen LogP contribution in [-0.4, -0.2) is 34.8 Å². The summed E-state index contributed by atoms with van der Waals surface area (Å²) in [7, 11) is 0. The number of benzene rings is 1. The van der Waals surface area contributed by atoms with Crippen molar-refractivity contribution in [3.05, 3.63) is 29.8 Å². The van der Waals surface area contributed by atoms with E-state index in [1.54, 1.807) is 0 Å². The van der Waals surface area contributed by atoms with E-state index in [4.69, 9.17) is 4.74 Å². The molecule has 4 heteroatoms. The molecule has 0 aromatic heterocycles. The van der Waals surface area contributed by atoms with Gasteiger partial charge in [0.1, 0.15) is 5.75 Å². The molecule has 2 rings (SSSR count). The van der Waals surface area contributed by atoms with Crippen molar-refractivity contribution in [3.63, 3.8) is 0 Å². The first-order valence-electron chi connectivity index (χ1n) is 6.26. The summed E-state index contributed by atoms with van der Waals surface area (Å²) in [6, 6.07) is 7.38. The van der Waals surface area contributed by atoms with Crippen molar-refractivity contribution < 1.29 is 9.53 Å². The minimum Gasteiger partial charge on any atom is -0.491 e. The second-order valence-electron chi connectivity index (χ2n) is 4.83. The Morgan fingerprint density at radius 2 is 2.06 bits per heavy atom. The van der Waals surface area contributed by atoms with Crippen LogP contribution in [0, 0.1) is 0 Å². The van der Waals surface area contributed by atoms with Crippen LogP contribution in [0.1, 0.15) is 30.6 Å². The first kappa shape index (κ1) is 13.4. The van der Waals surface area contributed by atoms with Crippen LogP contribution in [0.4, 0.5) is 0 Å². The van der Waals surface area contributed by atoms with Crippen molar-refractivity contribution in [2.45, 2.75) is 31.2 Å².